The molecule has 58 heavy (non-hydrogen) atoms. The van der Waals surface area contributed by atoms with Gasteiger partial charge >= 0.3 is 12.0 Å². The number of hydrogen-bond donors (Lipinski definition) is 4. The SMILES string of the molecule is CC(C)CN(CCn1c(Cc2cc3c(cc2I)OCO3)nc2c(N)nc(F)nc21)C(=S)Nc1ccc2c(c1)C(=O)OCc1ccc(O)cc1Oc1cc(O)ccc1C2. The smallest absolute Gasteiger partial charge is 0.338 e. The van der Waals surface area contributed by atoms with Gasteiger partial charge in [0.2, 0.25) is 6.79 Å². The summed E-state index contributed by atoms with van der Waals surface area (Å²) in [5.41, 5.74) is 10.4. The molecule has 0 saturated carbocycles. The average Bonchev–Trinajstić information content (AvgIpc) is 3.77. The Kier molecular flexibility index (Phi) is 10.8. The van der Waals surface area contributed by atoms with Gasteiger partial charge in [-0.25, -0.2) is 9.78 Å². The number of rotatable bonds is 8. The van der Waals surface area contributed by atoms with Crippen LogP contribution in [0.15, 0.2) is 66.7 Å². The quantitative estimate of drug-likeness (QED) is 0.0518. The van der Waals surface area contributed by atoms with E-state index in [1.807, 2.05) is 33.7 Å². The van der Waals surface area contributed by atoms with Gasteiger partial charge in [0.05, 0.1) is 5.56 Å². The summed E-state index contributed by atoms with van der Waals surface area (Å²) in [6, 6.07) is 18.5. The fourth-order valence-corrected chi connectivity index (χ4v) is 7.81. The van der Waals surface area contributed by atoms with Crippen LogP contribution in [0.2, 0.25) is 0 Å². The lowest BCUT2D eigenvalue weighted by molar-refractivity contribution is 0.0470. The van der Waals surface area contributed by atoms with Gasteiger partial charge in [0.25, 0.3) is 0 Å². The van der Waals surface area contributed by atoms with Crippen LogP contribution in [0.5, 0.6) is 34.5 Å². The number of nitrogen functional groups attached to an aromatic ring is 1. The molecule has 2 aromatic heterocycles. The molecule has 14 nitrogen and oxygen atoms in total. The number of imidazole rings is 1. The van der Waals surface area contributed by atoms with Gasteiger partial charge in [0.1, 0.15) is 35.4 Å². The van der Waals surface area contributed by atoms with Crippen LogP contribution in [0.1, 0.15) is 52.3 Å². The number of halogens is 2. The second kappa shape index (κ2) is 16.1. The van der Waals surface area contributed by atoms with E-state index in [0.717, 1.165) is 9.13 Å². The molecule has 2 aliphatic rings. The summed E-state index contributed by atoms with van der Waals surface area (Å²) in [5.74, 6) is 2.14. The second-order valence-corrected chi connectivity index (χ2v) is 15.8. The minimum atomic E-state index is -0.955. The number of fused-ring (bicyclic) bond motifs is 5. The number of nitrogens with two attached hydrogens (primary N) is 1. The van der Waals surface area contributed by atoms with Crippen LogP contribution in [-0.4, -0.2) is 65.6 Å². The third-order valence-corrected chi connectivity index (χ3v) is 11.0. The van der Waals surface area contributed by atoms with Crippen LogP contribution in [0.3, 0.4) is 0 Å². The number of nitrogens with zero attached hydrogens (tertiary/aromatic N) is 5. The number of anilines is 2. The molecule has 0 unspecified atom stereocenters. The summed E-state index contributed by atoms with van der Waals surface area (Å²) < 4.78 is 40.5. The van der Waals surface area contributed by atoms with Gasteiger partial charge in [0, 0.05) is 59.4 Å². The Labute approximate surface area is 350 Å². The molecule has 0 aliphatic carbocycles. The monoisotopic (exact) mass is 917 g/mol. The van der Waals surface area contributed by atoms with Crippen LogP contribution in [0.25, 0.3) is 11.2 Å². The molecular weight excluding hydrogens is 880 g/mol. The van der Waals surface area contributed by atoms with Gasteiger partial charge in [-0.05, 0) is 99.9 Å². The number of nitrogens with one attached hydrogen (secondary N) is 1. The lowest BCUT2D eigenvalue weighted by atomic mass is 9.98. The Morgan fingerprint density at radius 1 is 0.948 bits per heavy atom. The van der Waals surface area contributed by atoms with Crippen molar-refractivity contribution in [1.82, 2.24) is 24.4 Å². The molecule has 17 heteroatoms. The second-order valence-electron chi connectivity index (χ2n) is 14.3. The van der Waals surface area contributed by atoms with Crippen molar-refractivity contribution in [2.75, 3.05) is 30.9 Å². The van der Waals surface area contributed by atoms with Crippen molar-refractivity contribution in [2.45, 2.75) is 39.8 Å². The normalized spacial score (nSPS) is 13.2. The van der Waals surface area contributed by atoms with Crippen molar-refractivity contribution in [1.29, 1.82) is 0 Å². The standard InChI is InChI=1S/C41H37FIN7O7S/c1-21(2)18-49(9-10-50-35(46-36-37(44)47-40(42)48-38(36)50)13-25-12-33-34(17-30(25)43)56-20-55-33)41(58)45-26-6-3-22-11-23-4-7-27(51)15-31(23)57-32-16-28(52)8-5-24(32)19-54-39(53)29(22)14-26/h3-8,12,14-17,21,51-52H,9-11,13,18-20H2,1-2H3,(H,45,58)(H2,44,47,48). The van der Waals surface area contributed by atoms with Crippen molar-refractivity contribution >= 4 is 68.6 Å². The number of carbonyl (C=O) groups excluding carboxylic acids is 1. The summed E-state index contributed by atoms with van der Waals surface area (Å²) in [4.78, 5) is 28.3. The first-order chi connectivity index (χ1) is 27.9. The van der Waals surface area contributed by atoms with E-state index in [0.29, 0.717) is 93.4 Å². The number of cyclic esters (lactones) is 1. The van der Waals surface area contributed by atoms with Crippen molar-refractivity contribution in [3.8, 4) is 34.5 Å². The molecule has 0 spiro atoms. The number of aromatic nitrogens is 4. The van der Waals surface area contributed by atoms with E-state index in [1.54, 1.807) is 24.3 Å². The van der Waals surface area contributed by atoms with Crippen molar-refractivity contribution < 1.29 is 38.3 Å². The van der Waals surface area contributed by atoms with Crippen LogP contribution >= 0.6 is 34.8 Å². The third kappa shape index (κ3) is 8.22. The Balaban J connectivity index is 1.07. The van der Waals surface area contributed by atoms with Gasteiger partial charge in [0.15, 0.2) is 33.6 Å². The van der Waals surface area contributed by atoms with Crippen LogP contribution in [0, 0.1) is 15.6 Å². The first kappa shape index (κ1) is 38.9. The molecule has 0 bridgehead atoms. The molecule has 8 rings (SSSR count). The minimum absolute atomic E-state index is 0.00313. The van der Waals surface area contributed by atoms with Gasteiger partial charge in [-0.2, -0.15) is 14.4 Å². The summed E-state index contributed by atoms with van der Waals surface area (Å²) >= 11 is 8.24. The zero-order valence-corrected chi connectivity index (χ0v) is 34.3. The van der Waals surface area contributed by atoms with E-state index in [-0.39, 0.29) is 48.7 Å². The molecular formula is C41H37FIN7O7S. The van der Waals surface area contributed by atoms with Gasteiger partial charge in [-0.3, -0.25) is 0 Å². The maximum Gasteiger partial charge on any atom is 0.338 e. The van der Waals surface area contributed by atoms with E-state index in [9.17, 15) is 19.4 Å². The predicted octanol–water partition coefficient (Wildman–Crippen LogP) is 7.29. The van der Waals surface area contributed by atoms with Gasteiger partial charge < -0.3 is 49.7 Å². The third-order valence-electron chi connectivity index (χ3n) is 9.67. The van der Waals surface area contributed by atoms with E-state index >= 15 is 0 Å². The Morgan fingerprint density at radius 2 is 1.66 bits per heavy atom. The van der Waals surface area contributed by atoms with E-state index < -0.39 is 12.0 Å². The summed E-state index contributed by atoms with van der Waals surface area (Å²) in [5, 5.41) is 24.2. The Hall–Kier alpha value is -5.95. The van der Waals surface area contributed by atoms with Crippen LogP contribution < -0.4 is 25.3 Å². The van der Waals surface area contributed by atoms with Crippen LogP contribution in [0.4, 0.5) is 15.9 Å². The number of thiocarbonyl (C=S) groups is 1. The summed E-state index contributed by atoms with van der Waals surface area (Å²) in [6.45, 7) is 5.46. The largest absolute Gasteiger partial charge is 0.508 e. The molecule has 0 amide bonds. The molecule has 5 N–H and O–H groups in total. The molecule has 0 saturated heterocycles. The first-order valence-electron chi connectivity index (χ1n) is 18.3. The maximum absolute atomic E-state index is 14.6. The Bertz CT molecular complexity index is 2610. The van der Waals surface area contributed by atoms with Gasteiger partial charge in [-0.15, -0.1) is 0 Å². The lowest BCUT2D eigenvalue weighted by Gasteiger charge is -2.28. The predicted molar refractivity (Wildman–Crippen MR) is 225 cm³/mol. The minimum Gasteiger partial charge on any atom is -0.508 e. The fraction of sp³-hybridized carbons (Fsp3) is 0.244. The van der Waals surface area contributed by atoms with Gasteiger partial charge in [-0.1, -0.05) is 26.0 Å². The average molecular weight is 918 g/mol. The van der Waals surface area contributed by atoms with Crippen LogP contribution in [-0.2, 0) is 30.7 Å². The highest BCUT2D eigenvalue weighted by Gasteiger charge is 2.24. The summed E-state index contributed by atoms with van der Waals surface area (Å²) in [7, 11) is 0. The highest BCUT2D eigenvalue weighted by atomic mass is 127. The van der Waals surface area contributed by atoms with Crippen molar-refractivity contribution in [3.63, 3.8) is 0 Å². The number of hydrogen-bond acceptors (Lipinski definition) is 12. The fourth-order valence-electron chi connectivity index (χ4n) is 6.90. The first-order valence-corrected chi connectivity index (χ1v) is 19.8. The number of ether oxygens (including phenoxy) is 4. The van der Waals surface area contributed by atoms with E-state index in [1.165, 1.54) is 18.2 Å². The summed E-state index contributed by atoms with van der Waals surface area (Å²) in [6.07, 6.45) is -0.306. The molecule has 0 radical (unpaired) electrons. The molecule has 2 aliphatic heterocycles. The van der Waals surface area contributed by atoms with E-state index in [4.69, 9.17) is 41.9 Å². The zero-order valence-electron chi connectivity index (χ0n) is 31.3. The van der Waals surface area contributed by atoms with Crippen molar-refractivity contribution in [3.05, 3.63) is 110 Å². The highest BCUT2D eigenvalue weighted by Crippen LogP contribution is 2.38. The maximum atomic E-state index is 14.6. The number of esters is 1. The molecule has 4 aromatic carbocycles. The zero-order chi connectivity index (χ0) is 40.7. The number of benzene rings is 4. The number of carbonyl (C=O) groups is 1. The van der Waals surface area contributed by atoms with E-state index in [2.05, 4.69) is 51.7 Å². The molecule has 0 fully saturated rings. The molecule has 0 atom stereocenters. The number of phenolic OH excluding ortho intramolecular Hbond substituents is 2. The Morgan fingerprint density at radius 3 is 2.41 bits per heavy atom. The topological polar surface area (TPSA) is 179 Å². The number of aromatic hydroxyl groups is 2. The number of phenols is 2. The molecule has 298 valence electrons. The highest BCUT2D eigenvalue weighted by molar-refractivity contribution is 14.1. The molecule has 4 heterocycles. The lowest BCUT2D eigenvalue weighted by Crippen LogP contribution is -2.39. The van der Waals surface area contributed by atoms with Crippen molar-refractivity contribution in [2.24, 2.45) is 5.92 Å². The molecule has 6 aromatic rings.